The lowest BCUT2D eigenvalue weighted by molar-refractivity contribution is -0.274. The number of nitrogens with one attached hydrogen (secondary N) is 2. The van der Waals surface area contributed by atoms with E-state index >= 15 is 0 Å². The summed E-state index contributed by atoms with van der Waals surface area (Å²) in [6.07, 6.45) is -2.80. The number of guanidine groups is 1. The van der Waals surface area contributed by atoms with Crippen LogP contribution in [0.3, 0.4) is 0 Å². The van der Waals surface area contributed by atoms with E-state index in [1.54, 1.807) is 0 Å². The summed E-state index contributed by atoms with van der Waals surface area (Å²) in [4.78, 5) is 15.5. The van der Waals surface area contributed by atoms with Gasteiger partial charge in [-0.15, -0.1) is 37.1 Å². The average molecular weight is 472 g/mol. The normalized spacial score (nSPS) is 14.4. The van der Waals surface area contributed by atoms with Crippen LogP contribution >= 0.6 is 24.0 Å². The fourth-order valence-corrected chi connectivity index (χ4v) is 1.90. The number of aliphatic imine (C=N–C) groups is 1. The van der Waals surface area contributed by atoms with Crippen molar-refractivity contribution in [3.63, 3.8) is 0 Å². The maximum Gasteiger partial charge on any atom is 0.573 e. The maximum absolute atomic E-state index is 12.0. The molecular weight excluding hydrogens is 452 g/mol. The molecular formula is C15H20F3IN4O2. The number of nitrogens with two attached hydrogens (primary N) is 1. The van der Waals surface area contributed by atoms with Gasteiger partial charge in [0.25, 0.3) is 0 Å². The fraction of sp³-hybridized carbons (Fsp3) is 0.467. The van der Waals surface area contributed by atoms with Crippen LogP contribution in [0.25, 0.3) is 0 Å². The van der Waals surface area contributed by atoms with Crippen molar-refractivity contribution >= 4 is 35.8 Å². The molecule has 0 bridgehead atoms. The number of benzene rings is 1. The first-order valence-corrected chi connectivity index (χ1v) is 7.50. The van der Waals surface area contributed by atoms with E-state index in [1.165, 1.54) is 24.3 Å². The number of rotatable bonds is 7. The Morgan fingerprint density at radius 1 is 1.20 bits per heavy atom. The molecule has 2 rings (SSSR count). The minimum atomic E-state index is -4.71. The Hall–Kier alpha value is -1.72. The monoisotopic (exact) mass is 472 g/mol. The molecule has 1 saturated carbocycles. The third-order valence-corrected chi connectivity index (χ3v) is 3.27. The largest absolute Gasteiger partial charge is 0.573 e. The molecule has 0 aromatic heterocycles. The molecule has 10 heteroatoms. The van der Waals surface area contributed by atoms with Gasteiger partial charge >= 0.3 is 6.36 Å². The van der Waals surface area contributed by atoms with Crippen molar-refractivity contribution < 1.29 is 22.7 Å². The van der Waals surface area contributed by atoms with E-state index in [1.807, 2.05) is 0 Å². The van der Waals surface area contributed by atoms with E-state index in [-0.39, 0.29) is 54.1 Å². The van der Waals surface area contributed by atoms with Gasteiger partial charge in [0.1, 0.15) is 5.75 Å². The summed E-state index contributed by atoms with van der Waals surface area (Å²) >= 11 is 0. The minimum Gasteiger partial charge on any atom is -0.406 e. The van der Waals surface area contributed by atoms with Crippen molar-refractivity contribution in [2.75, 3.05) is 13.1 Å². The molecule has 1 aliphatic carbocycles. The van der Waals surface area contributed by atoms with Crippen molar-refractivity contribution in [3.05, 3.63) is 29.8 Å². The number of carbonyl (C=O) groups excluding carboxylic acids is 1. The Morgan fingerprint density at radius 3 is 2.36 bits per heavy atom. The van der Waals surface area contributed by atoms with Gasteiger partial charge in [0.2, 0.25) is 5.91 Å². The number of ether oxygens (including phenoxy) is 1. The summed E-state index contributed by atoms with van der Waals surface area (Å²) in [5, 5.41) is 5.63. The SMILES string of the molecule is I.NC(=NCc1ccc(OC(F)(F)F)cc1)NCCNC(=O)C1CC1. The number of nitrogens with zero attached hydrogens (tertiary/aromatic N) is 1. The van der Waals surface area contributed by atoms with Crippen LogP contribution in [-0.4, -0.2) is 31.3 Å². The molecule has 6 nitrogen and oxygen atoms in total. The average Bonchev–Trinajstić information content (AvgIpc) is 3.34. The van der Waals surface area contributed by atoms with E-state index in [4.69, 9.17) is 5.73 Å². The molecule has 0 radical (unpaired) electrons. The van der Waals surface area contributed by atoms with Crippen LogP contribution in [0, 0.1) is 5.92 Å². The third-order valence-electron chi connectivity index (χ3n) is 3.27. The van der Waals surface area contributed by atoms with Gasteiger partial charge in [-0.3, -0.25) is 4.79 Å². The van der Waals surface area contributed by atoms with Gasteiger partial charge in [0.15, 0.2) is 5.96 Å². The zero-order valence-electron chi connectivity index (χ0n) is 13.3. The summed E-state index contributed by atoms with van der Waals surface area (Å²) in [5.41, 5.74) is 6.37. The second-order valence-electron chi connectivity index (χ2n) is 5.39. The van der Waals surface area contributed by atoms with Crippen LogP contribution in [0.2, 0.25) is 0 Å². The topological polar surface area (TPSA) is 88.7 Å². The molecule has 1 aromatic rings. The molecule has 1 amide bonds. The number of amides is 1. The van der Waals surface area contributed by atoms with Gasteiger partial charge in [0.05, 0.1) is 6.54 Å². The molecule has 4 N–H and O–H groups in total. The van der Waals surface area contributed by atoms with E-state index in [0.717, 1.165) is 12.8 Å². The van der Waals surface area contributed by atoms with Crippen molar-refractivity contribution in [2.24, 2.45) is 16.6 Å². The van der Waals surface area contributed by atoms with Crippen LogP contribution in [0.15, 0.2) is 29.3 Å². The maximum atomic E-state index is 12.0. The van der Waals surface area contributed by atoms with Crippen LogP contribution in [0.5, 0.6) is 5.75 Å². The highest BCUT2D eigenvalue weighted by Crippen LogP contribution is 2.28. The molecule has 0 spiro atoms. The summed E-state index contributed by atoms with van der Waals surface area (Å²) in [7, 11) is 0. The summed E-state index contributed by atoms with van der Waals surface area (Å²) in [6, 6.07) is 5.40. The quantitative estimate of drug-likeness (QED) is 0.246. The molecule has 0 aliphatic heterocycles. The van der Waals surface area contributed by atoms with Crippen LogP contribution < -0.4 is 21.1 Å². The number of halogens is 4. The number of alkyl halides is 3. The van der Waals surface area contributed by atoms with Gasteiger partial charge in [-0.1, -0.05) is 12.1 Å². The molecule has 1 fully saturated rings. The first kappa shape index (κ1) is 21.3. The predicted octanol–water partition coefficient (Wildman–Crippen LogP) is 2.13. The summed E-state index contributed by atoms with van der Waals surface area (Å²) in [6.45, 7) is 1.13. The predicted molar refractivity (Wildman–Crippen MR) is 97.6 cm³/mol. The fourth-order valence-electron chi connectivity index (χ4n) is 1.90. The molecule has 25 heavy (non-hydrogen) atoms. The second kappa shape index (κ2) is 9.68. The van der Waals surface area contributed by atoms with E-state index in [0.29, 0.717) is 18.7 Å². The van der Waals surface area contributed by atoms with Gasteiger partial charge in [-0.05, 0) is 30.5 Å². The lowest BCUT2D eigenvalue weighted by atomic mass is 10.2. The first-order chi connectivity index (χ1) is 11.3. The van der Waals surface area contributed by atoms with Gasteiger partial charge in [-0.2, -0.15) is 0 Å². The van der Waals surface area contributed by atoms with Gasteiger partial charge < -0.3 is 21.1 Å². The van der Waals surface area contributed by atoms with Crippen molar-refractivity contribution in [3.8, 4) is 5.75 Å². The summed E-state index contributed by atoms with van der Waals surface area (Å²) in [5.74, 6) is 0.146. The first-order valence-electron chi connectivity index (χ1n) is 7.50. The van der Waals surface area contributed by atoms with E-state index < -0.39 is 6.36 Å². The highest BCUT2D eigenvalue weighted by atomic mass is 127. The Balaban J connectivity index is 0.00000312. The standard InChI is InChI=1S/C15H19F3N4O2.HI/c16-15(17,18)24-12-5-1-10(2-6-12)9-22-14(19)21-8-7-20-13(23)11-3-4-11;/h1-2,5-6,11H,3-4,7-9H2,(H,20,23)(H3,19,21,22);1H. The third kappa shape index (κ3) is 8.79. The highest BCUT2D eigenvalue weighted by molar-refractivity contribution is 14.0. The van der Waals surface area contributed by atoms with Crippen molar-refractivity contribution in [1.82, 2.24) is 10.6 Å². The molecule has 0 unspecified atom stereocenters. The zero-order chi connectivity index (χ0) is 17.6. The van der Waals surface area contributed by atoms with E-state index in [2.05, 4.69) is 20.4 Å². The van der Waals surface area contributed by atoms with Crippen LogP contribution in [0.1, 0.15) is 18.4 Å². The van der Waals surface area contributed by atoms with Crippen LogP contribution in [0.4, 0.5) is 13.2 Å². The molecule has 1 aromatic carbocycles. The smallest absolute Gasteiger partial charge is 0.406 e. The Labute approximate surface area is 160 Å². The number of hydrogen-bond acceptors (Lipinski definition) is 3. The molecule has 0 saturated heterocycles. The van der Waals surface area contributed by atoms with Crippen molar-refractivity contribution in [2.45, 2.75) is 25.7 Å². The molecule has 0 heterocycles. The lowest BCUT2D eigenvalue weighted by Crippen LogP contribution is -2.38. The Bertz CT molecular complexity index is 589. The minimum absolute atomic E-state index is 0. The molecule has 1 aliphatic rings. The number of carbonyl (C=O) groups is 1. The highest BCUT2D eigenvalue weighted by Gasteiger charge is 2.31. The van der Waals surface area contributed by atoms with Crippen molar-refractivity contribution in [1.29, 1.82) is 0 Å². The molecule has 0 atom stereocenters. The lowest BCUT2D eigenvalue weighted by Gasteiger charge is -2.09. The van der Waals surface area contributed by atoms with E-state index in [9.17, 15) is 18.0 Å². The van der Waals surface area contributed by atoms with Gasteiger partial charge in [0, 0.05) is 19.0 Å². The zero-order valence-corrected chi connectivity index (χ0v) is 15.6. The molecule has 140 valence electrons. The van der Waals surface area contributed by atoms with Gasteiger partial charge in [-0.25, -0.2) is 4.99 Å². The number of hydrogen-bond donors (Lipinski definition) is 3. The second-order valence-corrected chi connectivity index (χ2v) is 5.39. The Morgan fingerprint density at radius 2 is 1.80 bits per heavy atom. The van der Waals surface area contributed by atoms with Crippen LogP contribution in [-0.2, 0) is 11.3 Å². The Kier molecular flexibility index (Phi) is 8.26. The summed E-state index contributed by atoms with van der Waals surface area (Å²) < 4.78 is 39.9.